The third-order valence-corrected chi connectivity index (χ3v) is 6.16. The number of likely N-dealkylation sites (tertiary alicyclic amines) is 1. The summed E-state index contributed by atoms with van der Waals surface area (Å²) < 4.78 is 0. The summed E-state index contributed by atoms with van der Waals surface area (Å²) in [4.78, 5) is 32.4. The average Bonchev–Trinajstić information content (AvgIpc) is 3.38. The second kappa shape index (κ2) is 6.16. The number of halogens is 1. The minimum atomic E-state index is -0.874. The maximum Gasteiger partial charge on any atom is 0.326 e. The molecule has 1 saturated carbocycles. The van der Waals surface area contributed by atoms with Crippen molar-refractivity contribution >= 4 is 29.3 Å². The zero-order valence-electron chi connectivity index (χ0n) is 14.0. The van der Waals surface area contributed by atoms with Crippen molar-refractivity contribution in [3.63, 3.8) is 0 Å². The zero-order chi connectivity index (χ0) is 17.6. The fourth-order valence-corrected chi connectivity index (χ4v) is 4.48. The summed E-state index contributed by atoms with van der Waals surface area (Å²) in [5.74, 6) is 0.0164. The SMILES string of the molecule is O=C(O)C1CC2(CCN(c3ncccc3Cl)CC2)CN1C(=O)C1CC1. The molecule has 3 heterocycles. The van der Waals surface area contributed by atoms with Crippen LogP contribution in [0.25, 0.3) is 0 Å². The molecule has 0 aromatic carbocycles. The highest BCUT2D eigenvalue weighted by Crippen LogP contribution is 2.46. The van der Waals surface area contributed by atoms with Gasteiger partial charge in [-0.2, -0.15) is 0 Å². The second-order valence-electron chi connectivity index (χ2n) is 7.59. The van der Waals surface area contributed by atoms with Crippen molar-refractivity contribution in [3.05, 3.63) is 23.4 Å². The number of carboxylic acid groups (broad SMARTS) is 1. The van der Waals surface area contributed by atoms with Crippen LogP contribution in [0.4, 0.5) is 5.82 Å². The number of aromatic nitrogens is 1. The maximum atomic E-state index is 12.5. The number of carbonyl (C=O) groups is 2. The molecule has 1 aromatic heterocycles. The lowest BCUT2D eigenvalue weighted by Gasteiger charge is -2.39. The first-order chi connectivity index (χ1) is 12.0. The number of hydrogen-bond acceptors (Lipinski definition) is 4. The Morgan fingerprint density at radius 3 is 2.60 bits per heavy atom. The van der Waals surface area contributed by atoms with Gasteiger partial charge in [-0.1, -0.05) is 11.6 Å². The van der Waals surface area contributed by atoms with Crippen LogP contribution in [-0.2, 0) is 9.59 Å². The van der Waals surface area contributed by atoms with Gasteiger partial charge in [-0.15, -0.1) is 0 Å². The van der Waals surface area contributed by atoms with Gasteiger partial charge < -0.3 is 14.9 Å². The molecule has 4 rings (SSSR count). The number of rotatable bonds is 3. The van der Waals surface area contributed by atoms with Crippen LogP contribution < -0.4 is 4.90 Å². The Balaban J connectivity index is 1.48. The number of carbonyl (C=O) groups excluding carboxylic acids is 1. The number of amides is 1. The molecule has 3 fully saturated rings. The summed E-state index contributed by atoms with van der Waals surface area (Å²) in [6, 6.07) is 2.98. The highest BCUT2D eigenvalue weighted by molar-refractivity contribution is 6.32. The molecule has 3 aliphatic rings. The molecule has 1 spiro atoms. The Bertz CT molecular complexity index is 699. The number of hydrogen-bond donors (Lipinski definition) is 1. The maximum absolute atomic E-state index is 12.5. The van der Waals surface area contributed by atoms with E-state index >= 15 is 0 Å². The predicted octanol–water partition coefficient (Wildman–Crippen LogP) is 2.42. The number of nitrogens with zero attached hydrogens (tertiary/aromatic N) is 3. The van der Waals surface area contributed by atoms with Crippen molar-refractivity contribution in [1.82, 2.24) is 9.88 Å². The molecule has 1 amide bonds. The first-order valence-electron chi connectivity index (χ1n) is 8.88. The Kier molecular flexibility index (Phi) is 4.10. The van der Waals surface area contributed by atoms with E-state index in [0.717, 1.165) is 44.6 Å². The molecular weight excluding hydrogens is 342 g/mol. The Labute approximate surface area is 151 Å². The molecule has 2 saturated heterocycles. The van der Waals surface area contributed by atoms with E-state index in [-0.39, 0.29) is 17.2 Å². The van der Waals surface area contributed by atoms with Crippen molar-refractivity contribution in [3.8, 4) is 0 Å². The van der Waals surface area contributed by atoms with Crippen LogP contribution in [0.15, 0.2) is 18.3 Å². The van der Waals surface area contributed by atoms with Gasteiger partial charge in [-0.3, -0.25) is 4.79 Å². The van der Waals surface area contributed by atoms with Gasteiger partial charge in [0.1, 0.15) is 11.9 Å². The van der Waals surface area contributed by atoms with Crippen molar-refractivity contribution in [2.75, 3.05) is 24.5 Å². The van der Waals surface area contributed by atoms with Gasteiger partial charge >= 0.3 is 5.97 Å². The number of piperidine rings is 1. The summed E-state index contributed by atoms with van der Waals surface area (Å²) in [7, 11) is 0. The molecule has 1 aliphatic carbocycles. The van der Waals surface area contributed by atoms with Crippen molar-refractivity contribution in [2.45, 2.75) is 38.1 Å². The normalized spacial score (nSPS) is 25.4. The second-order valence-corrected chi connectivity index (χ2v) is 8.00. The fraction of sp³-hybridized carbons (Fsp3) is 0.611. The molecule has 0 bridgehead atoms. The molecule has 6 nitrogen and oxygen atoms in total. The first-order valence-corrected chi connectivity index (χ1v) is 9.26. The van der Waals surface area contributed by atoms with Gasteiger partial charge in [0.15, 0.2) is 0 Å². The minimum Gasteiger partial charge on any atom is -0.480 e. The molecule has 25 heavy (non-hydrogen) atoms. The highest BCUT2D eigenvalue weighted by atomic mass is 35.5. The topological polar surface area (TPSA) is 73.7 Å². The number of anilines is 1. The Hall–Kier alpha value is -1.82. The minimum absolute atomic E-state index is 0.0412. The van der Waals surface area contributed by atoms with E-state index in [1.807, 2.05) is 12.1 Å². The van der Waals surface area contributed by atoms with Crippen LogP contribution in [-0.4, -0.2) is 52.5 Å². The summed E-state index contributed by atoms with van der Waals surface area (Å²) in [5, 5.41) is 10.2. The molecule has 2 aliphatic heterocycles. The lowest BCUT2D eigenvalue weighted by atomic mass is 9.76. The molecule has 7 heteroatoms. The van der Waals surface area contributed by atoms with E-state index in [0.29, 0.717) is 18.0 Å². The van der Waals surface area contributed by atoms with Crippen LogP contribution >= 0.6 is 11.6 Å². The standard InChI is InChI=1S/C18H22ClN3O3/c19-13-2-1-7-20-15(13)21-8-5-18(6-9-21)10-14(17(24)25)22(11-18)16(23)12-3-4-12/h1-2,7,12,14H,3-6,8-11H2,(H,24,25). The first kappa shape index (κ1) is 16.6. The van der Waals surface area contributed by atoms with E-state index in [4.69, 9.17) is 11.6 Å². The summed E-state index contributed by atoms with van der Waals surface area (Å²) >= 11 is 6.25. The Morgan fingerprint density at radius 2 is 2.00 bits per heavy atom. The molecule has 1 N–H and O–H groups in total. The smallest absolute Gasteiger partial charge is 0.326 e. The lowest BCUT2D eigenvalue weighted by molar-refractivity contribution is -0.148. The average molecular weight is 364 g/mol. The predicted molar refractivity (Wildman–Crippen MR) is 93.6 cm³/mol. The van der Waals surface area contributed by atoms with E-state index in [2.05, 4.69) is 9.88 Å². The van der Waals surface area contributed by atoms with Crippen LogP contribution in [0.3, 0.4) is 0 Å². The number of carboxylic acids is 1. The number of aliphatic carboxylic acids is 1. The molecular formula is C18H22ClN3O3. The molecule has 134 valence electrons. The third kappa shape index (κ3) is 3.08. The number of pyridine rings is 1. The van der Waals surface area contributed by atoms with Crippen LogP contribution in [0.5, 0.6) is 0 Å². The van der Waals surface area contributed by atoms with E-state index < -0.39 is 12.0 Å². The van der Waals surface area contributed by atoms with Gasteiger partial charge in [0, 0.05) is 31.7 Å². The monoisotopic (exact) mass is 363 g/mol. The van der Waals surface area contributed by atoms with Crippen molar-refractivity contribution in [2.24, 2.45) is 11.3 Å². The highest BCUT2D eigenvalue weighted by Gasteiger charge is 2.51. The molecule has 1 atom stereocenters. The molecule has 1 unspecified atom stereocenters. The zero-order valence-corrected chi connectivity index (χ0v) is 14.8. The van der Waals surface area contributed by atoms with Gasteiger partial charge in [0.25, 0.3) is 0 Å². The van der Waals surface area contributed by atoms with Gasteiger partial charge in [-0.25, -0.2) is 9.78 Å². The lowest BCUT2D eigenvalue weighted by Crippen LogP contribution is -2.43. The largest absolute Gasteiger partial charge is 0.480 e. The Morgan fingerprint density at radius 1 is 1.28 bits per heavy atom. The fourth-order valence-electron chi connectivity index (χ4n) is 4.24. The molecule has 0 radical (unpaired) electrons. The van der Waals surface area contributed by atoms with E-state index in [9.17, 15) is 14.7 Å². The van der Waals surface area contributed by atoms with Crippen LogP contribution in [0.2, 0.25) is 5.02 Å². The van der Waals surface area contributed by atoms with Crippen LogP contribution in [0, 0.1) is 11.3 Å². The van der Waals surface area contributed by atoms with Crippen molar-refractivity contribution < 1.29 is 14.7 Å². The summed E-state index contributed by atoms with van der Waals surface area (Å²) in [6.45, 7) is 2.14. The van der Waals surface area contributed by atoms with Gasteiger partial charge in [0.2, 0.25) is 5.91 Å². The third-order valence-electron chi connectivity index (χ3n) is 5.87. The summed E-state index contributed by atoms with van der Waals surface area (Å²) in [6.07, 6.45) is 5.82. The quantitative estimate of drug-likeness (QED) is 0.892. The van der Waals surface area contributed by atoms with Crippen molar-refractivity contribution in [1.29, 1.82) is 0 Å². The van der Waals surface area contributed by atoms with Gasteiger partial charge in [-0.05, 0) is 49.7 Å². The van der Waals surface area contributed by atoms with E-state index in [1.165, 1.54) is 0 Å². The van der Waals surface area contributed by atoms with Crippen LogP contribution in [0.1, 0.15) is 32.1 Å². The molecule has 1 aromatic rings. The summed E-state index contributed by atoms with van der Waals surface area (Å²) in [5.41, 5.74) is -0.0919. The van der Waals surface area contributed by atoms with E-state index in [1.54, 1.807) is 11.1 Å². The van der Waals surface area contributed by atoms with Gasteiger partial charge in [0.05, 0.1) is 5.02 Å².